The summed E-state index contributed by atoms with van der Waals surface area (Å²) in [5.74, 6) is 1.98. The van der Waals surface area contributed by atoms with Crippen molar-refractivity contribution >= 4 is 0 Å². The minimum Gasteiger partial charge on any atom is -0.463 e. The molecule has 0 spiro atoms. The molecule has 1 heterocycles. The van der Waals surface area contributed by atoms with Crippen molar-refractivity contribution in [1.29, 1.82) is 0 Å². The second-order valence-electron chi connectivity index (χ2n) is 4.82. The van der Waals surface area contributed by atoms with Gasteiger partial charge in [0.05, 0.1) is 26.3 Å². The van der Waals surface area contributed by atoms with E-state index in [1.807, 2.05) is 19.9 Å². The molecule has 1 rings (SSSR count). The lowest BCUT2D eigenvalue weighted by Gasteiger charge is -2.20. The van der Waals surface area contributed by atoms with Crippen LogP contribution in [0.2, 0.25) is 0 Å². The van der Waals surface area contributed by atoms with E-state index in [0.29, 0.717) is 0 Å². The standard InChI is InChI=1S/C16H30N2O3/c1-4-17-13-15-7-8-16(21-15)14-18(9-11-19-5-2)10-12-20-6-3/h7-8,17H,4-6,9-14H2,1-3H3. The topological polar surface area (TPSA) is 46.9 Å². The first-order chi connectivity index (χ1) is 10.3. The molecule has 0 unspecified atom stereocenters. The summed E-state index contributed by atoms with van der Waals surface area (Å²) in [4.78, 5) is 2.31. The summed E-state index contributed by atoms with van der Waals surface area (Å²) in [5, 5.41) is 3.27. The van der Waals surface area contributed by atoms with Gasteiger partial charge < -0.3 is 19.2 Å². The molecule has 0 radical (unpaired) electrons. The lowest BCUT2D eigenvalue weighted by atomic mass is 10.3. The summed E-state index contributed by atoms with van der Waals surface area (Å²) in [6, 6.07) is 4.10. The quantitative estimate of drug-likeness (QED) is 0.566. The van der Waals surface area contributed by atoms with Gasteiger partial charge in [-0.3, -0.25) is 4.90 Å². The van der Waals surface area contributed by atoms with Gasteiger partial charge in [-0.05, 0) is 32.5 Å². The van der Waals surface area contributed by atoms with Gasteiger partial charge in [0, 0.05) is 26.3 Å². The van der Waals surface area contributed by atoms with Gasteiger partial charge in [-0.2, -0.15) is 0 Å². The monoisotopic (exact) mass is 298 g/mol. The maximum atomic E-state index is 5.84. The Balaban J connectivity index is 2.43. The van der Waals surface area contributed by atoms with Crippen molar-refractivity contribution in [3.8, 4) is 0 Å². The van der Waals surface area contributed by atoms with Crippen molar-refractivity contribution in [1.82, 2.24) is 10.2 Å². The third-order valence-corrected chi connectivity index (χ3v) is 3.16. The molecule has 0 aliphatic heterocycles. The van der Waals surface area contributed by atoms with Crippen LogP contribution in [0.1, 0.15) is 32.3 Å². The van der Waals surface area contributed by atoms with E-state index in [9.17, 15) is 0 Å². The number of furan rings is 1. The van der Waals surface area contributed by atoms with Gasteiger partial charge in [0.1, 0.15) is 11.5 Å². The van der Waals surface area contributed by atoms with E-state index in [0.717, 1.165) is 70.7 Å². The summed E-state index contributed by atoms with van der Waals surface area (Å²) in [6.07, 6.45) is 0. The second-order valence-corrected chi connectivity index (χ2v) is 4.82. The highest BCUT2D eigenvalue weighted by Gasteiger charge is 2.09. The molecule has 0 amide bonds. The van der Waals surface area contributed by atoms with Gasteiger partial charge in [-0.15, -0.1) is 0 Å². The summed E-state index contributed by atoms with van der Waals surface area (Å²) in [6.45, 7) is 13.4. The Kier molecular flexibility index (Phi) is 10.2. The zero-order valence-electron chi connectivity index (χ0n) is 13.7. The van der Waals surface area contributed by atoms with Gasteiger partial charge in [-0.25, -0.2) is 0 Å². The van der Waals surface area contributed by atoms with Crippen LogP contribution in [0.25, 0.3) is 0 Å². The van der Waals surface area contributed by atoms with E-state index < -0.39 is 0 Å². The van der Waals surface area contributed by atoms with Crippen LogP contribution in [0.15, 0.2) is 16.5 Å². The van der Waals surface area contributed by atoms with Crippen molar-refractivity contribution in [3.63, 3.8) is 0 Å². The third kappa shape index (κ3) is 8.21. The molecule has 0 saturated heterocycles. The molecule has 0 fully saturated rings. The van der Waals surface area contributed by atoms with Gasteiger partial charge in [0.25, 0.3) is 0 Å². The van der Waals surface area contributed by atoms with E-state index in [2.05, 4.69) is 23.2 Å². The van der Waals surface area contributed by atoms with Crippen molar-refractivity contribution in [2.24, 2.45) is 0 Å². The van der Waals surface area contributed by atoms with Crippen molar-refractivity contribution in [2.75, 3.05) is 46.1 Å². The van der Waals surface area contributed by atoms with Gasteiger partial charge in [0.2, 0.25) is 0 Å². The molecule has 0 aliphatic carbocycles. The van der Waals surface area contributed by atoms with Crippen LogP contribution in [0, 0.1) is 0 Å². The lowest BCUT2D eigenvalue weighted by Crippen LogP contribution is -2.30. The molecule has 5 nitrogen and oxygen atoms in total. The van der Waals surface area contributed by atoms with Crippen LogP contribution in [0.3, 0.4) is 0 Å². The molecule has 1 aromatic rings. The number of nitrogens with zero attached hydrogens (tertiary/aromatic N) is 1. The third-order valence-electron chi connectivity index (χ3n) is 3.16. The largest absolute Gasteiger partial charge is 0.463 e. The zero-order chi connectivity index (χ0) is 15.3. The molecule has 0 atom stereocenters. The predicted molar refractivity (Wildman–Crippen MR) is 84.4 cm³/mol. The first-order valence-corrected chi connectivity index (χ1v) is 7.96. The molecule has 0 saturated carbocycles. The fourth-order valence-electron chi connectivity index (χ4n) is 2.02. The van der Waals surface area contributed by atoms with Crippen LogP contribution in [0.5, 0.6) is 0 Å². The molecule has 0 aromatic carbocycles. The second kappa shape index (κ2) is 11.7. The number of hydrogen-bond acceptors (Lipinski definition) is 5. The van der Waals surface area contributed by atoms with Crippen molar-refractivity contribution in [2.45, 2.75) is 33.9 Å². The summed E-state index contributed by atoms with van der Waals surface area (Å²) >= 11 is 0. The Labute approximate surface area is 128 Å². The highest BCUT2D eigenvalue weighted by molar-refractivity contribution is 5.07. The van der Waals surface area contributed by atoms with E-state index in [4.69, 9.17) is 13.9 Å². The Morgan fingerprint density at radius 3 is 2.19 bits per heavy atom. The molecule has 5 heteroatoms. The number of rotatable bonds is 13. The van der Waals surface area contributed by atoms with E-state index in [-0.39, 0.29) is 0 Å². The fourth-order valence-corrected chi connectivity index (χ4v) is 2.02. The molecule has 0 aliphatic rings. The minimum absolute atomic E-state index is 0.744. The van der Waals surface area contributed by atoms with E-state index >= 15 is 0 Å². The maximum absolute atomic E-state index is 5.84. The highest BCUT2D eigenvalue weighted by atomic mass is 16.5. The first kappa shape index (κ1) is 18.2. The van der Waals surface area contributed by atoms with Gasteiger partial charge in [-0.1, -0.05) is 6.92 Å². The summed E-state index contributed by atoms with van der Waals surface area (Å²) < 4.78 is 16.7. The lowest BCUT2D eigenvalue weighted by molar-refractivity contribution is 0.0767. The number of nitrogens with one attached hydrogen (secondary N) is 1. The van der Waals surface area contributed by atoms with Gasteiger partial charge >= 0.3 is 0 Å². The summed E-state index contributed by atoms with van der Waals surface area (Å²) in [5.41, 5.74) is 0. The Hall–Kier alpha value is -0.880. The number of hydrogen-bond donors (Lipinski definition) is 1. The van der Waals surface area contributed by atoms with Crippen molar-refractivity contribution < 1.29 is 13.9 Å². The Bertz CT molecular complexity index is 345. The average Bonchev–Trinajstić information content (AvgIpc) is 2.93. The minimum atomic E-state index is 0.744. The van der Waals surface area contributed by atoms with Crippen LogP contribution < -0.4 is 5.32 Å². The molecule has 1 aromatic heterocycles. The summed E-state index contributed by atoms with van der Waals surface area (Å²) in [7, 11) is 0. The number of ether oxygens (including phenoxy) is 2. The smallest absolute Gasteiger partial charge is 0.118 e. The van der Waals surface area contributed by atoms with Crippen molar-refractivity contribution in [3.05, 3.63) is 23.7 Å². The SMILES string of the molecule is CCNCc1ccc(CN(CCOCC)CCOCC)o1. The highest BCUT2D eigenvalue weighted by Crippen LogP contribution is 2.10. The van der Waals surface area contributed by atoms with Gasteiger partial charge in [0.15, 0.2) is 0 Å². The van der Waals surface area contributed by atoms with Crippen LogP contribution >= 0.6 is 0 Å². The molecule has 122 valence electrons. The predicted octanol–water partition coefficient (Wildman–Crippen LogP) is 2.26. The fraction of sp³-hybridized carbons (Fsp3) is 0.750. The Morgan fingerprint density at radius 1 is 1.00 bits per heavy atom. The molecular weight excluding hydrogens is 268 g/mol. The molecule has 1 N–H and O–H groups in total. The molecule has 0 bridgehead atoms. The van der Waals surface area contributed by atoms with Crippen LogP contribution in [-0.2, 0) is 22.6 Å². The average molecular weight is 298 g/mol. The van der Waals surface area contributed by atoms with E-state index in [1.165, 1.54) is 0 Å². The zero-order valence-corrected chi connectivity index (χ0v) is 13.7. The molecular formula is C16H30N2O3. The van der Waals surface area contributed by atoms with Crippen LogP contribution in [-0.4, -0.2) is 51.0 Å². The van der Waals surface area contributed by atoms with E-state index in [1.54, 1.807) is 0 Å². The normalized spacial score (nSPS) is 11.4. The first-order valence-electron chi connectivity index (χ1n) is 7.96. The molecule has 21 heavy (non-hydrogen) atoms. The maximum Gasteiger partial charge on any atom is 0.118 e. The Morgan fingerprint density at radius 2 is 1.62 bits per heavy atom. The van der Waals surface area contributed by atoms with Crippen LogP contribution in [0.4, 0.5) is 0 Å².